The number of pyridine rings is 2. The van der Waals surface area contributed by atoms with E-state index in [2.05, 4.69) is 43.5 Å². The van der Waals surface area contributed by atoms with Crippen molar-refractivity contribution in [3.05, 3.63) is 54.4 Å². The first kappa shape index (κ1) is 14.4. The highest BCUT2D eigenvalue weighted by Gasteiger charge is 2.14. The van der Waals surface area contributed by atoms with E-state index >= 15 is 0 Å². The van der Waals surface area contributed by atoms with Gasteiger partial charge in [0.2, 0.25) is 0 Å². The number of hydrogen-bond acceptors (Lipinski definition) is 5. The molecule has 7 nitrogen and oxygen atoms in total. The minimum Gasteiger partial charge on any atom is -0.384 e. The number of imidazole rings is 2. The van der Waals surface area contributed by atoms with Crippen molar-refractivity contribution < 1.29 is 0 Å². The van der Waals surface area contributed by atoms with Crippen molar-refractivity contribution in [3.8, 4) is 22.9 Å². The van der Waals surface area contributed by atoms with Crippen LogP contribution in [0.15, 0.2) is 48.8 Å². The highest BCUT2D eigenvalue weighted by atomic mass is 15.0. The molecule has 27 heavy (non-hydrogen) atoms. The van der Waals surface area contributed by atoms with E-state index < -0.39 is 0 Å². The molecule has 0 saturated carbocycles. The fraction of sp³-hybridized carbons (Fsp3) is 0.100. The summed E-state index contributed by atoms with van der Waals surface area (Å²) in [5.41, 5.74) is 7.71. The van der Waals surface area contributed by atoms with E-state index in [1.165, 1.54) is 11.3 Å². The number of aromatic amines is 2. The molecule has 1 aromatic carbocycles. The molecule has 1 aliphatic rings. The Bertz CT molecular complexity index is 1280. The summed E-state index contributed by atoms with van der Waals surface area (Å²) in [6.45, 7) is 0.997. The van der Waals surface area contributed by atoms with Gasteiger partial charge in [-0.25, -0.2) is 15.0 Å². The van der Waals surface area contributed by atoms with Crippen LogP contribution in [-0.4, -0.2) is 36.4 Å². The largest absolute Gasteiger partial charge is 0.384 e. The summed E-state index contributed by atoms with van der Waals surface area (Å²) in [4.78, 5) is 24.7. The molecule has 0 bridgehead atoms. The monoisotopic (exact) mass is 353 g/mol. The molecule has 5 heterocycles. The third kappa shape index (κ3) is 2.28. The lowest BCUT2D eigenvalue weighted by Gasteiger charge is -2.02. The van der Waals surface area contributed by atoms with Crippen LogP contribution in [0.3, 0.4) is 0 Å². The Morgan fingerprint density at radius 2 is 1.81 bits per heavy atom. The summed E-state index contributed by atoms with van der Waals surface area (Å²) in [6, 6.07) is 12.2. The molecule has 5 aromatic rings. The molecule has 0 atom stereocenters. The standard InChI is InChI=1S/C20H15N7/c1-2-12(9-16-11(1)5-8-22-16)18-24-15-4-3-14(25-20(15)27-18)19-23-13-6-7-21-10-17(13)26-19/h1-4,6-7,9-10,22H,5,8H2,(H,23,26)(H,24,25,27). The van der Waals surface area contributed by atoms with Gasteiger partial charge in [-0.05, 0) is 36.2 Å². The summed E-state index contributed by atoms with van der Waals surface area (Å²) >= 11 is 0. The molecule has 7 heteroatoms. The highest BCUT2D eigenvalue weighted by Crippen LogP contribution is 2.29. The number of fused-ring (bicyclic) bond motifs is 3. The van der Waals surface area contributed by atoms with E-state index in [9.17, 15) is 0 Å². The van der Waals surface area contributed by atoms with E-state index in [4.69, 9.17) is 9.97 Å². The van der Waals surface area contributed by atoms with Gasteiger partial charge in [0.15, 0.2) is 11.5 Å². The van der Waals surface area contributed by atoms with Crippen LogP contribution in [0.25, 0.3) is 45.1 Å². The lowest BCUT2D eigenvalue weighted by molar-refractivity contribution is 1.11. The molecular formula is C20H15N7. The molecule has 4 aromatic heterocycles. The Labute approximate surface area is 153 Å². The van der Waals surface area contributed by atoms with Crippen molar-refractivity contribution in [2.45, 2.75) is 6.42 Å². The van der Waals surface area contributed by atoms with Gasteiger partial charge in [0.1, 0.15) is 17.0 Å². The number of H-pyrrole nitrogens is 2. The van der Waals surface area contributed by atoms with Crippen molar-refractivity contribution >= 4 is 27.9 Å². The second-order valence-corrected chi connectivity index (χ2v) is 6.68. The minimum atomic E-state index is 0.720. The molecule has 1 aliphatic heterocycles. The lowest BCUT2D eigenvalue weighted by Crippen LogP contribution is -1.91. The fourth-order valence-electron chi connectivity index (χ4n) is 3.58. The van der Waals surface area contributed by atoms with E-state index in [0.29, 0.717) is 0 Å². The van der Waals surface area contributed by atoms with E-state index in [1.54, 1.807) is 12.4 Å². The number of hydrogen-bond donors (Lipinski definition) is 3. The topological polar surface area (TPSA) is 95.2 Å². The highest BCUT2D eigenvalue weighted by molar-refractivity contribution is 5.81. The van der Waals surface area contributed by atoms with Gasteiger partial charge in [-0.15, -0.1) is 0 Å². The van der Waals surface area contributed by atoms with E-state index in [0.717, 1.165) is 58.1 Å². The van der Waals surface area contributed by atoms with Crippen molar-refractivity contribution in [1.82, 2.24) is 29.9 Å². The maximum Gasteiger partial charge on any atom is 0.158 e. The van der Waals surface area contributed by atoms with Gasteiger partial charge in [-0.2, -0.15) is 0 Å². The minimum absolute atomic E-state index is 0.720. The normalized spacial score (nSPS) is 13.2. The first-order valence-corrected chi connectivity index (χ1v) is 8.87. The Balaban J connectivity index is 1.43. The Kier molecular flexibility index (Phi) is 2.87. The Hall–Kier alpha value is -3.74. The van der Waals surface area contributed by atoms with Crippen molar-refractivity contribution in [2.75, 3.05) is 11.9 Å². The molecule has 130 valence electrons. The van der Waals surface area contributed by atoms with Crippen molar-refractivity contribution in [1.29, 1.82) is 0 Å². The number of nitrogens with zero attached hydrogens (tertiary/aromatic N) is 4. The quantitative estimate of drug-likeness (QED) is 0.451. The SMILES string of the molecule is c1cc2nc(-c3ccc4nc(-c5ccc6c(c5)NCC6)[nH]c4n3)[nH]c2cn1. The summed E-state index contributed by atoms with van der Waals surface area (Å²) in [5, 5.41) is 3.41. The zero-order valence-electron chi connectivity index (χ0n) is 14.3. The van der Waals surface area contributed by atoms with Gasteiger partial charge < -0.3 is 15.3 Å². The molecule has 3 N–H and O–H groups in total. The molecule has 0 aliphatic carbocycles. The first-order chi connectivity index (χ1) is 13.3. The second kappa shape index (κ2) is 5.38. The third-order valence-electron chi connectivity index (χ3n) is 4.96. The lowest BCUT2D eigenvalue weighted by atomic mass is 10.1. The smallest absolute Gasteiger partial charge is 0.158 e. The predicted octanol–water partition coefficient (Wildman–Crippen LogP) is 3.53. The average molecular weight is 353 g/mol. The van der Waals surface area contributed by atoms with Crippen molar-refractivity contribution in [3.63, 3.8) is 0 Å². The van der Waals surface area contributed by atoms with Crippen LogP contribution in [-0.2, 0) is 6.42 Å². The first-order valence-electron chi connectivity index (χ1n) is 8.87. The fourth-order valence-corrected chi connectivity index (χ4v) is 3.58. The van der Waals surface area contributed by atoms with Crippen LogP contribution < -0.4 is 5.32 Å². The number of anilines is 1. The molecule has 0 unspecified atom stereocenters. The zero-order chi connectivity index (χ0) is 17.8. The molecule has 0 fully saturated rings. The maximum atomic E-state index is 4.71. The third-order valence-corrected chi connectivity index (χ3v) is 4.96. The van der Waals surface area contributed by atoms with Gasteiger partial charge in [0.25, 0.3) is 0 Å². The zero-order valence-corrected chi connectivity index (χ0v) is 14.3. The van der Waals surface area contributed by atoms with Crippen LogP contribution in [0, 0.1) is 0 Å². The van der Waals surface area contributed by atoms with Crippen LogP contribution in [0.5, 0.6) is 0 Å². The molecule has 0 saturated heterocycles. The Morgan fingerprint density at radius 3 is 2.78 bits per heavy atom. The summed E-state index contributed by atoms with van der Waals surface area (Å²) in [5.74, 6) is 1.54. The number of nitrogens with one attached hydrogen (secondary N) is 3. The maximum absolute atomic E-state index is 4.71. The second-order valence-electron chi connectivity index (χ2n) is 6.68. The van der Waals surface area contributed by atoms with E-state index in [-0.39, 0.29) is 0 Å². The van der Waals surface area contributed by atoms with E-state index in [1.807, 2.05) is 18.2 Å². The predicted molar refractivity (Wildman–Crippen MR) is 104 cm³/mol. The van der Waals surface area contributed by atoms with Crippen LogP contribution in [0.4, 0.5) is 5.69 Å². The van der Waals surface area contributed by atoms with Crippen LogP contribution in [0.2, 0.25) is 0 Å². The van der Waals surface area contributed by atoms with Crippen LogP contribution in [0.1, 0.15) is 5.56 Å². The van der Waals surface area contributed by atoms with Gasteiger partial charge >= 0.3 is 0 Å². The Morgan fingerprint density at radius 1 is 0.852 bits per heavy atom. The molecule has 6 rings (SSSR count). The van der Waals surface area contributed by atoms with Gasteiger partial charge in [0, 0.05) is 24.0 Å². The summed E-state index contributed by atoms with van der Waals surface area (Å²) in [6.07, 6.45) is 4.57. The average Bonchev–Trinajstić information content (AvgIpc) is 3.42. The summed E-state index contributed by atoms with van der Waals surface area (Å²) in [7, 11) is 0. The molecule has 0 amide bonds. The number of aromatic nitrogens is 6. The van der Waals surface area contributed by atoms with Gasteiger partial charge in [-0.3, -0.25) is 4.98 Å². The van der Waals surface area contributed by atoms with Gasteiger partial charge in [-0.1, -0.05) is 12.1 Å². The summed E-state index contributed by atoms with van der Waals surface area (Å²) < 4.78 is 0. The molecular weight excluding hydrogens is 338 g/mol. The van der Waals surface area contributed by atoms with Gasteiger partial charge in [0.05, 0.1) is 17.2 Å². The van der Waals surface area contributed by atoms with Crippen molar-refractivity contribution in [2.24, 2.45) is 0 Å². The molecule has 0 radical (unpaired) electrons. The van der Waals surface area contributed by atoms with Crippen LogP contribution >= 0.6 is 0 Å². The molecule has 0 spiro atoms. The number of benzene rings is 1. The number of rotatable bonds is 2.